The highest BCUT2D eigenvalue weighted by atomic mass is 35.5. The summed E-state index contributed by atoms with van der Waals surface area (Å²) in [6.07, 6.45) is 2.39. The number of benzene rings is 3. The number of halogens is 1. The maximum Gasteiger partial charge on any atom is 0.255 e. The van der Waals surface area contributed by atoms with Crippen molar-refractivity contribution in [3.63, 3.8) is 0 Å². The van der Waals surface area contributed by atoms with Gasteiger partial charge in [0.2, 0.25) is 0 Å². The van der Waals surface area contributed by atoms with E-state index in [1.165, 1.54) is 0 Å². The van der Waals surface area contributed by atoms with Crippen molar-refractivity contribution in [3.05, 3.63) is 88.7 Å². The summed E-state index contributed by atoms with van der Waals surface area (Å²) >= 11 is 6.10. The molecule has 4 aromatic rings. The fourth-order valence-electron chi connectivity index (χ4n) is 4.06. The molecule has 4 rings (SSSR count). The van der Waals surface area contributed by atoms with Gasteiger partial charge in [-0.3, -0.25) is 4.79 Å². The summed E-state index contributed by atoms with van der Waals surface area (Å²) in [7, 11) is 1.57. The largest absolute Gasteiger partial charge is 0.496 e. The average Bonchev–Trinajstić information content (AvgIpc) is 3.23. The van der Waals surface area contributed by atoms with Gasteiger partial charge in [-0.15, -0.1) is 0 Å². The molecular weight excluding hydrogens is 462 g/mol. The smallest absolute Gasteiger partial charge is 0.255 e. The van der Waals surface area contributed by atoms with Gasteiger partial charge < -0.3 is 19.4 Å². The average molecular weight is 492 g/mol. The number of aromatic nitrogens is 2. The number of nitrogens with one attached hydrogen (secondary N) is 1. The Hall–Kier alpha value is -3.51. The first kappa shape index (κ1) is 24.6. The minimum absolute atomic E-state index is 0.134. The Bertz CT molecular complexity index is 1300. The van der Waals surface area contributed by atoms with E-state index in [-0.39, 0.29) is 5.91 Å². The van der Waals surface area contributed by atoms with Crippen LogP contribution in [-0.2, 0) is 13.0 Å². The number of fused-ring (bicyclic) bond motifs is 1. The Labute approximate surface area is 210 Å². The second-order valence-corrected chi connectivity index (χ2v) is 8.75. The number of ether oxygens (including phenoxy) is 2. The van der Waals surface area contributed by atoms with Crippen LogP contribution in [0.15, 0.2) is 66.7 Å². The number of carbonyl (C=O) groups excluding carboxylic acids is 1. The molecule has 182 valence electrons. The Balaban J connectivity index is 1.33. The number of carbonyl (C=O) groups is 1. The Morgan fingerprint density at radius 1 is 1.06 bits per heavy atom. The zero-order valence-corrected chi connectivity index (χ0v) is 20.8. The molecule has 6 nitrogen and oxygen atoms in total. The molecule has 7 heteroatoms. The molecule has 1 aromatic heterocycles. The molecule has 0 aliphatic rings. The monoisotopic (exact) mass is 491 g/mol. The molecule has 35 heavy (non-hydrogen) atoms. The lowest BCUT2D eigenvalue weighted by atomic mass is 10.2. The van der Waals surface area contributed by atoms with Gasteiger partial charge in [0.15, 0.2) is 0 Å². The Morgan fingerprint density at radius 3 is 2.69 bits per heavy atom. The summed E-state index contributed by atoms with van der Waals surface area (Å²) in [5.41, 5.74) is 3.64. The predicted molar refractivity (Wildman–Crippen MR) is 140 cm³/mol. The van der Waals surface area contributed by atoms with E-state index in [4.69, 9.17) is 26.1 Å². The molecule has 0 spiro atoms. The third kappa shape index (κ3) is 6.14. The van der Waals surface area contributed by atoms with Crippen molar-refractivity contribution in [2.45, 2.75) is 32.7 Å². The number of amides is 1. The fourth-order valence-corrected chi connectivity index (χ4v) is 4.18. The van der Waals surface area contributed by atoms with Crippen molar-refractivity contribution in [1.29, 1.82) is 0 Å². The highest BCUT2D eigenvalue weighted by Gasteiger charge is 2.13. The van der Waals surface area contributed by atoms with Crippen LogP contribution in [0.4, 0.5) is 0 Å². The van der Waals surface area contributed by atoms with Gasteiger partial charge in [-0.05, 0) is 67.8 Å². The van der Waals surface area contributed by atoms with Crippen LogP contribution >= 0.6 is 11.6 Å². The Morgan fingerprint density at radius 2 is 1.86 bits per heavy atom. The van der Waals surface area contributed by atoms with Gasteiger partial charge in [0.05, 0.1) is 30.3 Å². The molecule has 0 aliphatic carbocycles. The first-order chi connectivity index (χ1) is 17.1. The van der Waals surface area contributed by atoms with Crippen molar-refractivity contribution in [2.24, 2.45) is 0 Å². The molecule has 0 unspecified atom stereocenters. The highest BCUT2D eigenvalue weighted by Crippen LogP contribution is 2.22. The van der Waals surface area contributed by atoms with Crippen LogP contribution in [0.5, 0.6) is 11.5 Å². The van der Waals surface area contributed by atoms with E-state index in [2.05, 4.69) is 16.0 Å². The van der Waals surface area contributed by atoms with Gasteiger partial charge >= 0.3 is 0 Å². The van der Waals surface area contributed by atoms with Crippen molar-refractivity contribution in [2.75, 3.05) is 20.3 Å². The normalized spacial score (nSPS) is 10.9. The van der Waals surface area contributed by atoms with Crippen molar-refractivity contribution in [3.8, 4) is 11.5 Å². The number of imidazole rings is 1. The third-order valence-electron chi connectivity index (χ3n) is 5.87. The fraction of sp³-hybridized carbons (Fsp3) is 0.286. The lowest BCUT2D eigenvalue weighted by Crippen LogP contribution is -2.25. The van der Waals surface area contributed by atoms with Crippen LogP contribution in [0.2, 0.25) is 5.02 Å². The summed E-state index contributed by atoms with van der Waals surface area (Å²) in [5.74, 6) is 2.28. The molecule has 1 amide bonds. The van der Waals surface area contributed by atoms with Crippen LogP contribution in [0, 0.1) is 6.92 Å². The molecule has 1 heterocycles. The summed E-state index contributed by atoms with van der Waals surface area (Å²) < 4.78 is 13.5. The van der Waals surface area contributed by atoms with Crippen LogP contribution in [-0.4, -0.2) is 35.7 Å². The Kier molecular flexibility index (Phi) is 8.27. The zero-order chi connectivity index (χ0) is 24.6. The number of rotatable bonds is 11. The molecule has 0 aliphatic heterocycles. The molecule has 0 atom stereocenters. The number of aryl methyl sites for hydroxylation is 3. The minimum atomic E-state index is -0.134. The summed E-state index contributed by atoms with van der Waals surface area (Å²) in [4.78, 5) is 17.4. The van der Waals surface area contributed by atoms with Gasteiger partial charge in [0.25, 0.3) is 5.91 Å². The van der Waals surface area contributed by atoms with Crippen LogP contribution < -0.4 is 14.8 Å². The second-order valence-electron chi connectivity index (χ2n) is 8.34. The second kappa shape index (κ2) is 11.8. The standard InChI is InChI=1S/C28H30ClN3O3/c1-20-19-21(14-15-23(20)29)35-18-8-17-32-25-11-5-4-10-24(25)31-27(32)13-7-16-30-28(33)22-9-3-6-12-26(22)34-2/h3-6,9-12,14-15,19H,7-8,13,16-18H2,1-2H3,(H,30,33). The molecule has 0 radical (unpaired) electrons. The molecule has 1 N–H and O–H groups in total. The van der Waals surface area contributed by atoms with Crippen LogP contribution in [0.1, 0.15) is 34.6 Å². The third-order valence-corrected chi connectivity index (χ3v) is 6.30. The number of nitrogens with zero attached hydrogens (tertiary/aromatic N) is 2. The number of hydrogen-bond acceptors (Lipinski definition) is 4. The summed E-state index contributed by atoms with van der Waals surface area (Å²) in [6.45, 7) is 3.93. The lowest BCUT2D eigenvalue weighted by Gasteiger charge is -2.12. The minimum Gasteiger partial charge on any atom is -0.496 e. The molecule has 0 bridgehead atoms. The molecule has 0 saturated carbocycles. The number of methoxy groups -OCH3 is 1. The number of hydrogen-bond donors (Lipinski definition) is 1. The molecule has 0 saturated heterocycles. The van der Waals surface area contributed by atoms with Crippen molar-refractivity contribution in [1.82, 2.24) is 14.9 Å². The van der Waals surface area contributed by atoms with E-state index in [1.807, 2.05) is 55.5 Å². The van der Waals surface area contributed by atoms with Gasteiger partial charge in [-0.1, -0.05) is 35.9 Å². The van der Waals surface area contributed by atoms with Gasteiger partial charge in [0, 0.05) is 24.5 Å². The van der Waals surface area contributed by atoms with Crippen molar-refractivity contribution < 1.29 is 14.3 Å². The maximum absolute atomic E-state index is 12.5. The SMILES string of the molecule is COc1ccccc1C(=O)NCCCc1nc2ccccc2n1CCCOc1ccc(Cl)c(C)c1. The summed E-state index contributed by atoms with van der Waals surface area (Å²) in [6, 6.07) is 21.1. The van der Waals surface area contributed by atoms with E-state index >= 15 is 0 Å². The van der Waals surface area contributed by atoms with E-state index < -0.39 is 0 Å². The molecule has 3 aromatic carbocycles. The van der Waals surface area contributed by atoms with E-state index in [0.717, 1.165) is 59.0 Å². The van der Waals surface area contributed by atoms with Gasteiger partial charge in [-0.25, -0.2) is 4.98 Å². The summed E-state index contributed by atoms with van der Waals surface area (Å²) in [5, 5.41) is 3.73. The van der Waals surface area contributed by atoms with E-state index in [1.54, 1.807) is 19.2 Å². The predicted octanol–water partition coefficient (Wildman–Crippen LogP) is 5.84. The highest BCUT2D eigenvalue weighted by molar-refractivity contribution is 6.31. The molecule has 0 fully saturated rings. The number of para-hydroxylation sites is 3. The first-order valence-corrected chi connectivity index (χ1v) is 12.2. The van der Waals surface area contributed by atoms with Crippen LogP contribution in [0.3, 0.4) is 0 Å². The molecular formula is C28H30ClN3O3. The zero-order valence-electron chi connectivity index (χ0n) is 20.1. The van der Waals surface area contributed by atoms with E-state index in [9.17, 15) is 4.79 Å². The first-order valence-electron chi connectivity index (χ1n) is 11.8. The van der Waals surface area contributed by atoms with Crippen LogP contribution in [0.25, 0.3) is 11.0 Å². The van der Waals surface area contributed by atoms with Crippen molar-refractivity contribution >= 4 is 28.5 Å². The quantitative estimate of drug-likeness (QED) is 0.268. The maximum atomic E-state index is 12.5. The lowest BCUT2D eigenvalue weighted by molar-refractivity contribution is 0.0950. The van der Waals surface area contributed by atoms with Gasteiger partial charge in [-0.2, -0.15) is 0 Å². The van der Waals surface area contributed by atoms with Gasteiger partial charge in [0.1, 0.15) is 17.3 Å². The topological polar surface area (TPSA) is 65.4 Å². The van der Waals surface area contributed by atoms with E-state index in [0.29, 0.717) is 24.5 Å².